The molecule has 0 aliphatic heterocycles. The molecule has 11 heavy (non-hydrogen) atoms. The van der Waals surface area contributed by atoms with E-state index < -0.39 is 0 Å². The SMILES string of the molecule is C=CC#C/C=C/C1CC1CO. The molecule has 0 bridgehead atoms. The van der Waals surface area contributed by atoms with Crippen molar-refractivity contribution in [2.45, 2.75) is 6.42 Å². The van der Waals surface area contributed by atoms with Crippen LogP contribution in [0.5, 0.6) is 0 Å². The summed E-state index contributed by atoms with van der Waals surface area (Å²) in [4.78, 5) is 0. The Hall–Kier alpha value is -1.00. The van der Waals surface area contributed by atoms with Gasteiger partial charge in [-0.25, -0.2) is 0 Å². The van der Waals surface area contributed by atoms with Crippen molar-refractivity contribution in [3.8, 4) is 11.8 Å². The lowest BCUT2D eigenvalue weighted by atomic mass is 10.3. The van der Waals surface area contributed by atoms with Crippen LogP contribution in [0.2, 0.25) is 0 Å². The second-order valence-corrected chi connectivity index (χ2v) is 2.69. The molecule has 1 aliphatic carbocycles. The van der Waals surface area contributed by atoms with Crippen LogP contribution in [0, 0.1) is 23.7 Å². The van der Waals surface area contributed by atoms with Gasteiger partial charge in [-0.05, 0) is 30.4 Å². The van der Waals surface area contributed by atoms with Crippen LogP contribution in [0.25, 0.3) is 0 Å². The number of aliphatic hydroxyl groups excluding tert-OH is 1. The van der Waals surface area contributed by atoms with E-state index in [1.165, 1.54) is 0 Å². The smallest absolute Gasteiger partial charge is 0.0465 e. The lowest BCUT2D eigenvalue weighted by molar-refractivity contribution is 0.272. The Morgan fingerprint density at radius 2 is 2.36 bits per heavy atom. The van der Waals surface area contributed by atoms with E-state index in [1.807, 2.05) is 6.08 Å². The van der Waals surface area contributed by atoms with Crippen LogP contribution in [0.3, 0.4) is 0 Å². The Kier molecular flexibility index (Phi) is 2.95. The molecule has 58 valence electrons. The van der Waals surface area contributed by atoms with Gasteiger partial charge < -0.3 is 5.11 Å². The maximum Gasteiger partial charge on any atom is 0.0465 e. The molecule has 0 aromatic heterocycles. The maximum absolute atomic E-state index is 8.69. The fourth-order valence-corrected chi connectivity index (χ4v) is 0.995. The number of hydrogen-bond acceptors (Lipinski definition) is 1. The first-order valence-corrected chi connectivity index (χ1v) is 3.78. The minimum absolute atomic E-state index is 0.309. The maximum atomic E-state index is 8.69. The van der Waals surface area contributed by atoms with Crippen LogP contribution in [0.1, 0.15) is 6.42 Å². The van der Waals surface area contributed by atoms with Gasteiger partial charge in [0, 0.05) is 6.61 Å². The molecule has 1 saturated carbocycles. The van der Waals surface area contributed by atoms with Crippen LogP contribution in [-0.4, -0.2) is 11.7 Å². The zero-order valence-electron chi connectivity index (χ0n) is 6.46. The molecule has 2 unspecified atom stereocenters. The third-order valence-corrected chi connectivity index (χ3v) is 1.82. The Morgan fingerprint density at radius 1 is 1.55 bits per heavy atom. The van der Waals surface area contributed by atoms with Crippen LogP contribution in [0.15, 0.2) is 24.8 Å². The highest BCUT2D eigenvalue weighted by Crippen LogP contribution is 2.38. The summed E-state index contributed by atoms with van der Waals surface area (Å²) in [7, 11) is 0. The van der Waals surface area contributed by atoms with Crippen LogP contribution in [0.4, 0.5) is 0 Å². The molecule has 1 rings (SSSR count). The largest absolute Gasteiger partial charge is 0.396 e. The lowest BCUT2D eigenvalue weighted by Crippen LogP contribution is -1.84. The van der Waals surface area contributed by atoms with Gasteiger partial charge in [-0.3, -0.25) is 0 Å². The minimum atomic E-state index is 0.309. The average Bonchev–Trinajstić information content (AvgIpc) is 2.77. The Bertz CT molecular complexity index is 217. The van der Waals surface area contributed by atoms with E-state index in [2.05, 4.69) is 24.5 Å². The number of hydrogen-bond donors (Lipinski definition) is 1. The Labute approximate surface area is 67.4 Å². The van der Waals surface area contributed by atoms with E-state index in [4.69, 9.17) is 5.11 Å². The topological polar surface area (TPSA) is 20.2 Å². The van der Waals surface area contributed by atoms with Gasteiger partial charge in [0.25, 0.3) is 0 Å². The Balaban J connectivity index is 2.22. The van der Waals surface area contributed by atoms with Gasteiger partial charge in [-0.15, -0.1) is 0 Å². The van der Waals surface area contributed by atoms with E-state index in [1.54, 1.807) is 6.08 Å². The third kappa shape index (κ3) is 2.61. The molecular weight excluding hydrogens is 136 g/mol. The molecule has 0 spiro atoms. The highest BCUT2D eigenvalue weighted by Gasteiger charge is 2.33. The summed E-state index contributed by atoms with van der Waals surface area (Å²) in [6.45, 7) is 3.79. The minimum Gasteiger partial charge on any atom is -0.396 e. The van der Waals surface area contributed by atoms with Crippen LogP contribution >= 0.6 is 0 Å². The van der Waals surface area contributed by atoms with Crippen molar-refractivity contribution >= 4 is 0 Å². The second kappa shape index (κ2) is 4.00. The fourth-order valence-electron chi connectivity index (χ4n) is 0.995. The summed E-state index contributed by atoms with van der Waals surface area (Å²) < 4.78 is 0. The van der Waals surface area contributed by atoms with Crippen LogP contribution in [-0.2, 0) is 0 Å². The van der Waals surface area contributed by atoms with Crippen molar-refractivity contribution in [3.63, 3.8) is 0 Å². The molecule has 1 N–H and O–H groups in total. The monoisotopic (exact) mass is 148 g/mol. The lowest BCUT2D eigenvalue weighted by Gasteiger charge is -1.82. The van der Waals surface area contributed by atoms with E-state index in [0.29, 0.717) is 18.4 Å². The van der Waals surface area contributed by atoms with E-state index in [-0.39, 0.29) is 0 Å². The Morgan fingerprint density at radius 3 is 2.91 bits per heavy atom. The van der Waals surface area contributed by atoms with Gasteiger partial charge in [-0.2, -0.15) is 0 Å². The standard InChI is InChI=1S/C10H12O/c1-2-3-4-5-6-9-7-10(9)8-11/h2,5-6,9-11H,1,7-8H2/b6-5+. The second-order valence-electron chi connectivity index (χ2n) is 2.69. The number of rotatable bonds is 2. The quantitative estimate of drug-likeness (QED) is 0.586. The molecule has 0 radical (unpaired) electrons. The van der Waals surface area contributed by atoms with Crippen molar-refractivity contribution in [3.05, 3.63) is 24.8 Å². The molecular formula is C10H12O. The molecule has 0 aromatic carbocycles. The molecule has 1 fully saturated rings. The zero-order valence-corrected chi connectivity index (χ0v) is 6.46. The van der Waals surface area contributed by atoms with Crippen molar-refractivity contribution in [2.24, 2.45) is 11.8 Å². The van der Waals surface area contributed by atoms with E-state index in [0.717, 1.165) is 6.42 Å². The molecule has 1 aliphatic rings. The van der Waals surface area contributed by atoms with E-state index in [9.17, 15) is 0 Å². The number of allylic oxidation sites excluding steroid dienone is 3. The van der Waals surface area contributed by atoms with Gasteiger partial charge in [0.05, 0.1) is 0 Å². The summed E-state index contributed by atoms with van der Waals surface area (Å²) in [5, 5.41) is 8.69. The molecule has 0 aromatic rings. The van der Waals surface area contributed by atoms with Gasteiger partial charge >= 0.3 is 0 Å². The normalized spacial score (nSPS) is 27.7. The molecule has 0 saturated heterocycles. The summed E-state index contributed by atoms with van der Waals surface area (Å²) in [5.74, 6) is 6.62. The number of aliphatic hydroxyl groups is 1. The first-order valence-electron chi connectivity index (χ1n) is 3.78. The third-order valence-electron chi connectivity index (χ3n) is 1.82. The fraction of sp³-hybridized carbons (Fsp3) is 0.400. The molecule has 1 nitrogen and oxygen atoms in total. The summed E-state index contributed by atoms with van der Waals surface area (Å²) in [5.41, 5.74) is 0. The van der Waals surface area contributed by atoms with Gasteiger partial charge in [0.1, 0.15) is 0 Å². The predicted molar refractivity (Wildman–Crippen MR) is 45.8 cm³/mol. The molecule has 0 amide bonds. The van der Waals surface area contributed by atoms with Gasteiger partial charge in [0.15, 0.2) is 0 Å². The van der Waals surface area contributed by atoms with Crippen LogP contribution < -0.4 is 0 Å². The predicted octanol–water partition coefficient (Wildman–Crippen LogP) is 1.36. The average molecular weight is 148 g/mol. The van der Waals surface area contributed by atoms with Crippen molar-refractivity contribution in [2.75, 3.05) is 6.61 Å². The van der Waals surface area contributed by atoms with E-state index >= 15 is 0 Å². The highest BCUT2D eigenvalue weighted by atomic mass is 16.3. The molecule has 2 atom stereocenters. The molecule has 0 heterocycles. The van der Waals surface area contributed by atoms with Gasteiger partial charge in [-0.1, -0.05) is 24.5 Å². The summed E-state index contributed by atoms with van der Waals surface area (Å²) in [6.07, 6.45) is 6.57. The van der Waals surface area contributed by atoms with Gasteiger partial charge in [0.2, 0.25) is 0 Å². The van der Waals surface area contributed by atoms with Crippen molar-refractivity contribution in [1.29, 1.82) is 0 Å². The van der Waals surface area contributed by atoms with Crippen molar-refractivity contribution in [1.82, 2.24) is 0 Å². The summed E-state index contributed by atoms with van der Waals surface area (Å²) >= 11 is 0. The van der Waals surface area contributed by atoms with Crippen molar-refractivity contribution < 1.29 is 5.11 Å². The first kappa shape index (κ1) is 8.10. The molecule has 1 heteroatoms. The zero-order chi connectivity index (χ0) is 8.10. The first-order chi connectivity index (χ1) is 5.38. The summed E-state index contributed by atoms with van der Waals surface area (Å²) in [6, 6.07) is 0. The highest BCUT2D eigenvalue weighted by molar-refractivity contribution is 5.23.